The first-order valence-corrected chi connectivity index (χ1v) is 9.77. The maximum absolute atomic E-state index is 4.64. The molecule has 0 unspecified atom stereocenters. The van der Waals surface area contributed by atoms with E-state index in [4.69, 9.17) is 0 Å². The lowest BCUT2D eigenvalue weighted by atomic mass is 10.1. The summed E-state index contributed by atoms with van der Waals surface area (Å²) in [5.41, 5.74) is 4.63. The van der Waals surface area contributed by atoms with Crippen LogP contribution in [-0.4, -0.2) is 35.8 Å². The van der Waals surface area contributed by atoms with E-state index in [1.807, 2.05) is 56.7 Å². The van der Waals surface area contributed by atoms with Gasteiger partial charge in [-0.1, -0.05) is 6.07 Å². The molecule has 0 aromatic carbocycles. The summed E-state index contributed by atoms with van der Waals surface area (Å²) >= 11 is 0. The van der Waals surface area contributed by atoms with E-state index in [0.29, 0.717) is 17.5 Å². The highest BCUT2D eigenvalue weighted by Crippen LogP contribution is 2.29. The van der Waals surface area contributed by atoms with Crippen molar-refractivity contribution in [2.75, 3.05) is 10.6 Å². The lowest BCUT2D eigenvalue weighted by Gasteiger charge is -2.16. The van der Waals surface area contributed by atoms with Crippen LogP contribution in [0.3, 0.4) is 0 Å². The summed E-state index contributed by atoms with van der Waals surface area (Å²) in [6.45, 7) is 6.19. The van der Waals surface area contributed by atoms with E-state index in [-0.39, 0.29) is 6.04 Å². The number of rotatable bonds is 6. The van der Waals surface area contributed by atoms with E-state index in [0.717, 1.165) is 28.2 Å². The van der Waals surface area contributed by atoms with E-state index in [1.165, 1.54) is 0 Å². The normalized spacial score (nSPS) is 11.0. The minimum absolute atomic E-state index is 0.264. The molecule has 0 spiro atoms. The van der Waals surface area contributed by atoms with Crippen LogP contribution >= 0.6 is 0 Å². The number of hydrogen-bond donors (Lipinski definition) is 2. The summed E-state index contributed by atoms with van der Waals surface area (Å²) in [5, 5.41) is 10.9. The highest BCUT2D eigenvalue weighted by Gasteiger charge is 2.12. The van der Waals surface area contributed by atoms with Crippen LogP contribution < -0.4 is 10.6 Å². The Labute approximate surface area is 175 Å². The van der Waals surface area contributed by atoms with Crippen LogP contribution in [0.15, 0.2) is 55.1 Å². The summed E-state index contributed by atoms with van der Waals surface area (Å²) in [5.74, 6) is 1.95. The molecule has 8 nitrogen and oxygen atoms in total. The fourth-order valence-electron chi connectivity index (χ4n) is 3.09. The van der Waals surface area contributed by atoms with Crippen LogP contribution in [0.5, 0.6) is 0 Å². The zero-order valence-corrected chi connectivity index (χ0v) is 17.5. The Balaban J connectivity index is 1.65. The minimum Gasteiger partial charge on any atom is -0.382 e. The topological polar surface area (TPSA) is 93.4 Å². The third kappa shape index (κ3) is 4.43. The van der Waals surface area contributed by atoms with E-state index < -0.39 is 0 Å². The van der Waals surface area contributed by atoms with Crippen LogP contribution in [-0.2, 0) is 7.05 Å². The first-order chi connectivity index (χ1) is 14.5. The second-order valence-corrected chi connectivity index (χ2v) is 7.37. The number of aryl methyl sites for hydroxylation is 2. The monoisotopic (exact) mass is 400 g/mol. The Morgan fingerprint density at radius 3 is 2.60 bits per heavy atom. The molecule has 0 radical (unpaired) electrons. The molecule has 0 aliphatic heterocycles. The van der Waals surface area contributed by atoms with Gasteiger partial charge >= 0.3 is 0 Å². The second kappa shape index (κ2) is 8.28. The van der Waals surface area contributed by atoms with Gasteiger partial charge in [0.1, 0.15) is 11.6 Å². The highest BCUT2D eigenvalue weighted by molar-refractivity contribution is 5.78. The predicted molar refractivity (Wildman–Crippen MR) is 118 cm³/mol. The first kappa shape index (κ1) is 19.5. The van der Waals surface area contributed by atoms with E-state index in [9.17, 15) is 0 Å². The van der Waals surface area contributed by atoms with Crippen LogP contribution in [0.1, 0.15) is 19.5 Å². The van der Waals surface area contributed by atoms with Crippen LogP contribution in [0, 0.1) is 6.92 Å². The molecule has 152 valence electrons. The predicted octanol–water partition coefficient (Wildman–Crippen LogP) is 4.21. The quantitative estimate of drug-likeness (QED) is 0.501. The summed E-state index contributed by atoms with van der Waals surface area (Å²) in [7, 11) is 1.86. The van der Waals surface area contributed by atoms with Crippen molar-refractivity contribution < 1.29 is 0 Å². The van der Waals surface area contributed by atoms with Crippen molar-refractivity contribution in [3.05, 3.63) is 60.8 Å². The average Bonchev–Trinajstić information content (AvgIpc) is 3.14. The van der Waals surface area contributed by atoms with Crippen molar-refractivity contribution in [3.8, 4) is 22.6 Å². The van der Waals surface area contributed by atoms with E-state index in [1.54, 1.807) is 17.1 Å². The molecular weight excluding hydrogens is 376 g/mol. The molecule has 30 heavy (non-hydrogen) atoms. The minimum atomic E-state index is 0.264. The van der Waals surface area contributed by atoms with Gasteiger partial charge in [0.15, 0.2) is 5.82 Å². The molecule has 0 saturated heterocycles. The van der Waals surface area contributed by atoms with Gasteiger partial charge < -0.3 is 10.6 Å². The van der Waals surface area contributed by atoms with Gasteiger partial charge in [0.2, 0.25) is 0 Å². The fourth-order valence-corrected chi connectivity index (χ4v) is 3.09. The molecule has 4 aromatic heterocycles. The Morgan fingerprint density at radius 2 is 1.87 bits per heavy atom. The summed E-state index contributed by atoms with van der Waals surface area (Å²) in [6, 6.07) is 10.0. The zero-order valence-electron chi connectivity index (χ0n) is 17.5. The number of aromatic nitrogens is 6. The lowest BCUT2D eigenvalue weighted by molar-refractivity contribution is 0.768. The molecule has 0 aliphatic rings. The molecule has 2 N–H and O–H groups in total. The van der Waals surface area contributed by atoms with Crippen LogP contribution in [0.2, 0.25) is 0 Å². The molecule has 4 rings (SSSR count). The molecule has 4 aromatic rings. The van der Waals surface area contributed by atoms with Gasteiger partial charge in [-0.2, -0.15) is 5.10 Å². The van der Waals surface area contributed by atoms with Crippen LogP contribution in [0.25, 0.3) is 22.6 Å². The SMILES string of the molecule is Cc1cccc(-c2cnc(Nc3ccnc(-c4cnn(C)c4)n3)cc2NC(C)C)n1. The molecule has 8 heteroatoms. The fraction of sp³-hybridized carbons (Fsp3) is 0.227. The lowest BCUT2D eigenvalue weighted by Crippen LogP contribution is -2.11. The molecular formula is C22H24N8. The van der Waals surface area contributed by atoms with Gasteiger partial charge in [-0.3, -0.25) is 9.67 Å². The molecule has 0 atom stereocenters. The van der Waals surface area contributed by atoms with Gasteiger partial charge in [-0.25, -0.2) is 15.0 Å². The van der Waals surface area contributed by atoms with Crippen molar-refractivity contribution in [2.24, 2.45) is 7.05 Å². The molecule has 4 heterocycles. The molecule has 0 bridgehead atoms. The Morgan fingerprint density at radius 1 is 1.00 bits per heavy atom. The summed E-state index contributed by atoms with van der Waals surface area (Å²) in [4.78, 5) is 18.2. The zero-order chi connectivity index (χ0) is 21.1. The first-order valence-electron chi connectivity index (χ1n) is 9.77. The molecule has 0 aliphatic carbocycles. The van der Waals surface area contributed by atoms with Gasteiger partial charge in [-0.15, -0.1) is 0 Å². The number of nitrogens with zero attached hydrogens (tertiary/aromatic N) is 6. The average molecular weight is 400 g/mol. The summed E-state index contributed by atoms with van der Waals surface area (Å²) in [6.07, 6.45) is 7.17. The number of nitrogens with one attached hydrogen (secondary N) is 2. The Kier molecular flexibility index (Phi) is 5.38. The standard InChI is InChI=1S/C22H24N8/c1-14(2)26-19-10-21(24-12-17(19)18-7-5-6-15(3)27-18)28-20-8-9-23-22(29-20)16-11-25-30(4)13-16/h5-14H,1-4H3,(H2,23,24,26,28,29). The number of hydrogen-bond acceptors (Lipinski definition) is 7. The largest absolute Gasteiger partial charge is 0.382 e. The van der Waals surface area contributed by atoms with Crippen molar-refractivity contribution in [1.29, 1.82) is 0 Å². The molecule has 0 fully saturated rings. The maximum Gasteiger partial charge on any atom is 0.164 e. The maximum atomic E-state index is 4.64. The third-order valence-electron chi connectivity index (χ3n) is 4.39. The van der Waals surface area contributed by atoms with Crippen molar-refractivity contribution in [3.63, 3.8) is 0 Å². The van der Waals surface area contributed by atoms with Gasteiger partial charge in [0.25, 0.3) is 0 Å². The number of anilines is 3. The van der Waals surface area contributed by atoms with Gasteiger partial charge in [-0.05, 0) is 39.0 Å². The highest BCUT2D eigenvalue weighted by atomic mass is 15.2. The third-order valence-corrected chi connectivity index (χ3v) is 4.39. The summed E-state index contributed by atoms with van der Waals surface area (Å²) < 4.78 is 1.72. The van der Waals surface area contributed by atoms with E-state index >= 15 is 0 Å². The molecule has 0 amide bonds. The van der Waals surface area contributed by atoms with Crippen molar-refractivity contribution >= 4 is 17.3 Å². The second-order valence-electron chi connectivity index (χ2n) is 7.37. The van der Waals surface area contributed by atoms with Gasteiger partial charge in [0, 0.05) is 54.7 Å². The van der Waals surface area contributed by atoms with Crippen molar-refractivity contribution in [1.82, 2.24) is 29.7 Å². The van der Waals surface area contributed by atoms with Gasteiger partial charge in [0.05, 0.1) is 17.5 Å². The Hall–Kier alpha value is -3.81. The Bertz CT molecular complexity index is 1170. The number of pyridine rings is 2. The smallest absolute Gasteiger partial charge is 0.164 e. The van der Waals surface area contributed by atoms with Crippen LogP contribution in [0.4, 0.5) is 17.3 Å². The van der Waals surface area contributed by atoms with Crippen molar-refractivity contribution in [2.45, 2.75) is 26.8 Å². The van der Waals surface area contributed by atoms with E-state index in [2.05, 4.69) is 49.5 Å². The molecule has 0 saturated carbocycles.